The van der Waals surface area contributed by atoms with Gasteiger partial charge in [-0.3, -0.25) is 9.59 Å². The normalized spacial score (nSPS) is 11.7. The fourth-order valence-corrected chi connectivity index (χ4v) is 2.38. The lowest BCUT2D eigenvalue weighted by molar-refractivity contribution is 0.0949. The SMILES string of the molecule is CCC/C(C)=N\NC(=O)c1nn(CCC)c(=O)c2ccccc12. The minimum atomic E-state index is -0.401. The van der Waals surface area contributed by atoms with Gasteiger partial charge in [0.25, 0.3) is 11.5 Å². The summed E-state index contributed by atoms with van der Waals surface area (Å²) in [5, 5.41) is 9.36. The summed E-state index contributed by atoms with van der Waals surface area (Å²) in [6.07, 6.45) is 2.55. The first kappa shape index (κ1) is 16.9. The first-order valence-corrected chi connectivity index (χ1v) is 7.91. The third-order valence-corrected chi connectivity index (χ3v) is 3.48. The quantitative estimate of drug-likeness (QED) is 0.658. The molecule has 23 heavy (non-hydrogen) atoms. The van der Waals surface area contributed by atoms with Crippen LogP contribution in [0.2, 0.25) is 0 Å². The molecule has 0 aliphatic rings. The number of hydrogen-bond acceptors (Lipinski definition) is 4. The highest BCUT2D eigenvalue weighted by Gasteiger charge is 2.16. The van der Waals surface area contributed by atoms with E-state index in [9.17, 15) is 9.59 Å². The Kier molecular flexibility index (Phi) is 5.62. The first-order valence-electron chi connectivity index (χ1n) is 7.91. The molecule has 2 aromatic rings. The zero-order valence-electron chi connectivity index (χ0n) is 13.8. The molecule has 2 rings (SSSR count). The number of aryl methyl sites for hydroxylation is 1. The zero-order valence-corrected chi connectivity index (χ0v) is 13.8. The number of carbonyl (C=O) groups excluding carboxylic acids is 1. The highest BCUT2D eigenvalue weighted by Crippen LogP contribution is 2.13. The fraction of sp³-hybridized carbons (Fsp3) is 0.412. The highest BCUT2D eigenvalue weighted by atomic mass is 16.2. The van der Waals surface area contributed by atoms with Gasteiger partial charge in [0.2, 0.25) is 0 Å². The second kappa shape index (κ2) is 7.67. The van der Waals surface area contributed by atoms with E-state index < -0.39 is 5.91 Å². The van der Waals surface area contributed by atoms with E-state index in [0.717, 1.165) is 25.0 Å². The molecule has 122 valence electrons. The summed E-state index contributed by atoms with van der Waals surface area (Å²) >= 11 is 0. The number of aromatic nitrogens is 2. The van der Waals surface area contributed by atoms with Gasteiger partial charge in [0.1, 0.15) is 0 Å². The number of nitrogens with zero attached hydrogens (tertiary/aromatic N) is 3. The van der Waals surface area contributed by atoms with Crippen LogP contribution in [0.5, 0.6) is 0 Å². The Bertz CT molecular complexity index is 793. The standard InChI is InChI=1S/C17H22N4O2/c1-4-8-12(3)18-19-16(22)15-13-9-6-7-10-14(13)17(23)21(20-15)11-5-2/h6-7,9-10H,4-5,8,11H2,1-3H3,(H,19,22)/b18-12-. The molecule has 0 aliphatic heterocycles. The molecule has 0 fully saturated rings. The van der Waals surface area contributed by atoms with Gasteiger partial charge in [0.05, 0.1) is 5.39 Å². The molecular formula is C17H22N4O2. The lowest BCUT2D eigenvalue weighted by Crippen LogP contribution is -2.29. The van der Waals surface area contributed by atoms with Gasteiger partial charge in [-0.05, 0) is 25.8 Å². The number of fused-ring (bicyclic) bond motifs is 1. The van der Waals surface area contributed by atoms with Gasteiger partial charge in [-0.1, -0.05) is 38.5 Å². The lowest BCUT2D eigenvalue weighted by Gasteiger charge is -2.09. The molecule has 1 aromatic carbocycles. The van der Waals surface area contributed by atoms with E-state index in [0.29, 0.717) is 17.3 Å². The van der Waals surface area contributed by atoms with Crippen molar-refractivity contribution in [3.8, 4) is 0 Å². The minimum Gasteiger partial charge on any atom is -0.267 e. The Morgan fingerprint density at radius 1 is 1.22 bits per heavy atom. The number of rotatable bonds is 6. The fourth-order valence-electron chi connectivity index (χ4n) is 2.38. The number of hydrogen-bond donors (Lipinski definition) is 1. The summed E-state index contributed by atoms with van der Waals surface area (Å²) in [5.74, 6) is -0.401. The van der Waals surface area contributed by atoms with E-state index in [1.165, 1.54) is 4.68 Å². The van der Waals surface area contributed by atoms with E-state index in [4.69, 9.17) is 0 Å². The van der Waals surface area contributed by atoms with Crippen LogP contribution in [0.3, 0.4) is 0 Å². The van der Waals surface area contributed by atoms with Crippen molar-refractivity contribution >= 4 is 22.4 Å². The van der Waals surface area contributed by atoms with Crippen LogP contribution >= 0.6 is 0 Å². The van der Waals surface area contributed by atoms with Crippen LogP contribution in [0.4, 0.5) is 0 Å². The maximum absolute atomic E-state index is 12.4. The van der Waals surface area contributed by atoms with E-state index in [1.807, 2.05) is 13.8 Å². The second-order valence-electron chi connectivity index (χ2n) is 5.46. The molecule has 1 amide bonds. The minimum absolute atomic E-state index is 0.176. The predicted octanol–water partition coefficient (Wildman–Crippen LogP) is 2.71. The van der Waals surface area contributed by atoms with Crippen molar-refractivity contribution in [1.29, 1.82) is 0 Å². The molecule has 0 saturated heterocycles. The lowest BCUT2D eigenvalue weighted by atomic mass is 10.1. The Labute approximate surface area is 135 Å². The van der Waals surface area contributed by atoms with Gasteiger partial charge in [0, 0.05) is 17.6 Å². The monoisotopic (exact) mass is 314 g/mol. The molecule has 0 aliphatic carbocycles. The highest BCUT2D eigenvalue weighted by molar-refractivity contribution is 6.05. The van der Waals surface area contributed by atoms with Gasteiger partial charge >= 0.3 is 0 Å². The molecule has 6 heteroatoms. The Morgan fingerprint density at radius 3 is 2.57 bits per heavy atom. The molecule has 0 unspecified atom stereocenters. The van der Waals surface area contributed by atoms with Crippen molar-refractivity contribution in [3.63, 3.8) is 0 Å². The third kappa shape index (κ3) is 3.83. The second-order valence-corrected chi connectivity index (χ2v) is 5.46. The average molecular weight is 314 g/mol. The summed E-state index contributed by atoms with van der Waals surface area (Å²) in [6, 6.07) is 7.02. The van der Waals surface area contributed by atoms with Crippen LogP contribution in [0.1, 0.15) is 50.5 Å². The van der Waals surface area contributed by atoms with E-state index in [1.54, 1.807) is 24.3 Å². The maximum atomic E-state index is 12.4. The van der Waals surface area contributed by atoms with Gasteiger partial charge in [-0.2, -0.15) is 10.2 Å². The largest absolute Gasteiger partial charge is 0.292 e. The molecular weight excluding hydrogens is 292 g/mol. The van der Waals surface area contributed by atoms with Crippen LogP contribution in [0.25, 0.3) is 10.8 Å². The third-order valence-electron chi connectivity index (χ3n) is 3.48. The zero-order chi connectivity index (χ0) is 16.8. The van der Waals surface area contributed by atoms with Crippen LogP contribution in [-0.4, -0.2) is 21.4 Å². The number of hydrazone groups is 1. The van der Waals surface area contributed by atoms with Crippen LogP contribution < -0.4 is 11.0 Å². The topological polar surface area (TPSA) is 76.3 Å². The predicted molar refractivity (Wildman–Crippen MR) is 91.8 cm³/mol. The molecule has 1 aromatic heterocycles. The van der Waals surface area contributed by atoms with Gasteiger partial charge in [-0.15, -0.1) is 0 Å². The molecule has 0 atom stereocenters. The molecule has 1 heterocycles. The van der Waals surface area contributed by atoms with Gasteiger partial charge < -0.3 is 0 Å². The first-order chi connectivity index (χ1) is 11.1. The van der Waals surface area contributed by atoms with Crippen LogP contribution in [0.15, 0.2) is 34.2 Å². The molecule has 6 nitrogen and oxygen atoms in total. The molecule has 0 saturated carbocycles. The van der Waals surface area contributed by atoms with E-state index in [2.05, 4.69) is 22.5 Å². The van der Waals surface area contributed by atoms with Crippen LogP contribution in [0, 0.1) is 0 Å². The average Bonchev–Trinajstić information content (AvgIpc) is 2.56. The summed E-state index contributed by atoms with van der Waals surface area (Å²) in [5.41, 5.74) is 3.44. The van der Waals surface area contributed by atoms with Gasteiger partial charge in [0.15, 0.2) is 5.69 Å². The molecule has 0 bridgehead atoms. The molecule has 0 spiro atoms. The Morgan fingerprint density at radius 2 is 1.91 bits per heavy atom. The van der Waals surface area contributed by atoms with Crippen molar-refractivity contribution in [1.82, 2.24) is 15.2 Å². The van der Waals surface area contributed by atoms with Crippen molar-refractivity contribution < 1.29 is 4.79 Å². The summed E-state index contributed by atoms with van der Waals surface area (Å²) in [7, 11) is 0. The summed E-state index contributed by atoms with van der Waals surface area (Å²) < 4.78 is 1.35. The van der Waals surface area contributed by atoms with Crippen molar-refractivity contribution in [2.45, 2.75) is 46.6 Å². The van der Waals surface area contributed by atoms with E-state index in [-0.39, 0.29) is 11.3 Å². The molecule has 1 N–H and O–H groups in total. The van der Waals surface area contributed by atoms with E-state index >= 15 is 0 Å². The van der Waals surface area contributed by atoms with Crippen molar-refractivity contribution in [2.75, 3.05) is 0 Å². The number of carbonyl (C=O) groups is 1. The summed E-state index contributed by atoms with van der Waals surface area (Å²) in [4.78, 5) is 24.8. The number of amides is 1. The number of nitrogens with one attached hydrogen (secondary N) is 1. The number of benzene rings is 1. The Hall–Kier alpha value is -2.50. The summed E-state index contributed by atoms with van der Waals surface area (Å²) in [6.45, 7) is 6.35. The van der Waals surface area contributed by atoms with Crippen molar-refractivity contribution in [2.24, 2.45) is 5.10 Å². The van der Waals surface area contributed by atoms with Gasteiger partial charge in [-0.25, -0.2) is 10.1 Å². The smallest absolute Gasteiger partial charge is 0.267 e. The Balaban J connectivity index is 2.47. The maximum Gasteiger partial charge on any atom is 0.292 e. The van der Waals surface area contributed by atoms with Crippen molar-refractivity contribution in [3.05, 3.63) is 40.3 Å². The molecule has 0 radical (unpaired) electrons. The van der Waals surface area contributed by atoms with Crippen LogP contribution in [-0.2, 0) is 6.54 Å².